The van der Waals surface area contributed by atoms with Crippen molar-refractivity contribution in [1.29, 1.82) is 0 Å². The zero-order valence-electron chi connectivity index (χ0n) is 7.59. The number of aliphatic hydroxyl groups excluding tert-OH is 1. The molecule has 3 N–H and O–H groups in total. The van der Waals surface area contributed by atoms with Crippen LogP contribution in [0.4, 0.5) is 0 Å². The smallest absolute Gasteiger partial charge is 0.228 e. The lowest BCUT2D eigenvalue weighted by Gasteiger charge is -2.19. The van der Waals surface area contributed by atoms with E-state index in [2.05, 4.69) is 10.6 Å². The molecule has 74 valence electrons. The third kappa shape index (κ3) is 2.18. The molecule has 0 radical (unpaired) electrons. The Bertz CT molecular complexity index is 229. The van der Waals surface area contributed by atoms with Crippen LogP contribution in [0.2, 0.25) is 0 Å². The highest BCUT2D eigenvalue weighted by molar-refractivity contribution is 5.92. The summed E-state index contributed by atoms with van der Waals surface area (Å²) in [6.45, 7) is 2.27. The number of carbonyl (C=O) groups excluding carboxylic acids is 2. The van der Waals surface area contributed by atoms with Gasteiger partial charge in [0.1, 0.15) is 0 Å². The van der Waals surface area contributed by atoms with Gasteiger partial charge in [-0.15, -0.1) is 0 Å². The zero-order valence-corrected chi connectivity index (χ0v) is 7.59. The summed E-state index contributed by atoms with van der Waals surface area (Å²) in [4.78, 5) is 22.4. The van der Waals surface area contributed by atoms with E-state index in [-0.39, 0.29) is 31.4 Å². The molecule has 1 aliphatic heterocycles. The Labute approximate surface area is 76.5 Å². The summed E-state index contributed by atoms with van der Waals surface area (Å²) in [7, 11) is 0. The van der Waals surface area contributed by atoms with Crippen LogP contribution in [0.1, 0.15) is 13.3 Å². The average Bonchev–Trinajstić information content (AvgIpc) is 2.43. The molecule has 0 aromatic carbocycles. The minimum Gasteiger partial charge on any atom is -0.395 e. The second kappa shape index (κ2) is 3.74. The summed E-state index contributed by atoms with van der Waals surface area (Å²) >= 11 is 0. The summed E-state index contributed by atoms with van der Waals surface area (Å²) in [5, 5.41) is 13.7. The Morgan fingerprint density at radius 2 is 2.46 bits per heavy atom. The van der Waals surface area contributed by atoms with Crippen molar-refractivity contribution in [2.24, 2.45) is 5.41 Å². The summed E-state index contributed by atoms with van der Waals surface area (Å²) < 4.78 is 0. The van der Waals surface area contributed by atoms with Crippen LogP contribution in [0.3, 0.4) is 0 Å². The van der Waals surface area contributed by atoms with Crippen LogP contribution in [0.15, 0.2) is 0 Å². The summed E-state index contributed by atoms with van der Waals surface area (Å²) in [6, 6.07) is 0. The highest BCUT2D eigenvalue weighted by Gasteiger charge is 2.40. The van der Waals surface area contributed by atoms with Crippen LogP contribution in [-0.2, 0) is 9.59 Å². The number of aliphatic hydroxyl groups is 1. The first-order valence-corrected chi connectivity index (χ1v) is 4.24. The van der Waals surface area contributed by atoms with Crippen LogP contribution in [0, 0.1) is 5.41 Å². The van der Waals surface area contributed by atoms with E-state index in [1.54, 1.807) is 6.92 Å². The van der Waals surface area contributed by atoms with Gasteiger partial charge < -0.3 is 15.7 Å². The predicted molar refractivity (Wildman–Crippen MR) is 45.8 cm³/mol. The first kappa shape index (κ1) is 9.98. The normalized spacial score (nSPS) is 27.1. The van der Waals surface area contributed by atoms with Gasteiger partial charge in [0.2, 0.25) is 11.8 Å². The number of rotatable bonds is 3. The van der Waals surface area contributed by atoms with Gasteiger partial charge in [0.25, 0.3) is 0 Å². The van der Waals surface area contributed by atoms with Crippen molar-refractivity contribution in [2.75, 3.05) is 19.7 Å². The maximum atomic E-state index is 11.5. The second-order valence-corrected chi connectivity index (χ2v) is 3.49. The lowest BCUT2D eigenvalue weighted by molar-refractivity contribution is -0.131. The molecule has 1 aliphatic rings. The van der Waals surface area contributed by atoms with Gasteiger partial charge in [-0.2, -0.15) is 0 Å². The maximum Gasteiger partial charge on any atom is 0.228 e. The van der Waals surface area contributed by atoms with Gasteiger partial charge in [-0.05, 0) is 6.92 Å². The van der Waals surface area contributed by atoms with Crippen LogP contribution in [0.25, 0.3) is 0 Å². The molecule has 5 nitrogen and oxygen atoms in total. The van der Waals surface area contributed by atoms with Crippen molar-refractivity contribution in [1.82, 2.24) is 10.6 Å². The van der Waals surface area contributed by atoms with E-state index in [9.17, 15) is 9.59 Å². The van der Waals surface area contributed by atoms with E-state index in [1.165, 1.54) is 0 Å². The van der Waals surface area contributed by atoms with Crippen molar-refractivity contribution in [3.05, 3.63) is 0 Å². The van der Waals surface area contributed by atoms with E-state index in [0.29, 0.717) is 6.54 Å². The molecule has 1 unspecified atom stereocenters. The Morgan fingerprint density at radius 3 is 2.92 bits per heavy atom. The number of nitrogens with one attached hydrogen (secondary N) is 2. The molecule has 5 heteroatoms. The van der Waals surface area contributed by atoms with Gasteiger partial charge in [0, 0.05) is 19.5 Å². The van der Waals surface area contributed by atoms with Crippen molar-refractivity contribution in [3.8, 4) is 0 Å². The van der Waals surface area contributed by atoms with Gasteiger partial charge in [-0.1, -0.05) is 0 Å². The van der Waals surface area contributed by atoms with Crippen molar-refractivity contribution in [3.63, 3.8) is 0 Å². The molecule has 0 aromatic rings. The monoisotopic (exact) mass is 186 g/mol. The Balaban J connectivity index is 2.50. The van der Waals surface area contributed by atoms with E-state index in [0.717, 1.165) is 0 Å². The topological polar surface area (TPSA) is 78.4 Å². The zero-order chi connectivity index (χ0) is 9.90. The molecule has 0 aliphatic carbocycles. The first-order valence-electron chi connectivity index (χ1n) is 4.24. The van der Waals surface area contributed by atoms with Crippen LogP contribution < -0.4 is 10.6 Å². The number of amides is 2. The summed E-state index contributed by atoms with van der Waals surface area (Å²) in [6.07, 6.45) is 0.226. The summed E-state index contributed by atoms with van der Waals surface area (Å²) in [5.74, 6) is -0.276. The van der Waals surface area contributed by atoms with E-state index >= 15 is 0 Å². The molecule has 2 amide bonds. The van der Waals surface area contributed by atoms with Crippen molar-refractivity contribution >= 4 is 11.8 Å². The number of carbonyl (C=O) groups is 2. The fourth-order valence-corrected chi connectivity index (χ4v) is 1.32. The van der Waals surface area contributed by atoms with Gasteiger partial charge in [0.05, 0.1) is 12.0 Å². The van der Waals surface area contributed by atoms with E-state index in [4.69, 9.17) is 5.11 Å². The molecule has 0 aromatic heterocycles. The molecule has 1 heterocycles. The SMILES string of the molecule is CC1(C(=O)NCCO)CNC(=O)C1. The van der Waals surface area contributed by atoms with Gasteiger partial charge in [0.15, 0.2) is 0 Å². The quantitative estimate of drug-likeness (QED) is 0.508. The Kier molecular flexibility index (Phi) is 2.87. The van der Waals surface area contributed by atoms with E-state index < -0.39 is 5.41 Å². The fraction of sp³-hybridized carbons (Fsp3) is 0.750. The molecule has 1 fully saturated rings. The van der Waals surface area contributed by atoms with Crippen molar-refractivity contribution in [2.45, 2.75) is 13.3 Å². The van der Waals surface area contributed by atoms with Crippen molar-refractivity contribution < 1.29 is 14.7 Å². The minimum absolute atomic E-state index is 0.0802. The molecule has 13 heavy (non-hydrogen) atoms. The molecule has 1 atom stereocenters. The Morgan fingerprint density at radius 1 is 1.77 bits per heavy atom. The predicted octanol–water partition coefficient (Wildman–Crippen LogP) is -1.38. The maximum absolute atomic E-state index is 11.5. The summed E-state index contributed by atoms with van der Waals surface area (Å²) in [5.41, 5.74) is -0.647. The van der Waals surface area contributed by atoms with Gasteiger partial charge in [-0.3, -0.25) is 9.59 Å². The number of hydrogen-bond donors (Lipinski definition) is 3. The lowest BCUT2D eigenvalue weighted by Crippen LogP contribution is -2.41. The second-order valence-electron chi connectivity index (χ2n) is 3.49. The van der Waals surface area contributed by atoms with Crippen LogP contribution in [0.5, 0.6) is 0 Å². The van der Waals surface area contributed by atoms with Crippen LogP contribution >= 0.6 is 0 Å². The molecular weight excluding hydrogens is 172 g/mol. The standard InChI is InChI=1S/C8H14N2O3/c1-8(4-6(12)10-5-8)7(13)9-2-3-11/h11H,2-5H2,1H3,(H,9,13)(H,10,12). The molecular formula is C8H14N2O3. The largest absolute Gasteiger partial charge is 0.395 e. The molecule has 0 bridgehead atoms. The van der Waals surface area contributed by atoms with Gasteiger partial charge in [-0.25, -0.2) is 0 Å². The van der Waals surface area contributed by atoms with Gasteiger partial charge >= 0.3 is 0 Å². The lowest BCUT2D eigenvalue weighted by atomic mass is 9.88. The molecule has 0 saturated carbocycles. The Hall–Kier alpha value is -1.10. The molecule has 1 saturated heterocycles. The van der Waals surface area contributed by atoms with E-state index in [1.807, 2.05) is 0 Å². The molecule has 1 rings (SSSR count). The third-order valence-corrected chi connectivity index (χ3v) is 2.17. The third-order valence-electron chi connectivity index (χ3n) is 2.17. The highest BCUT2D eigenvalue weighted by atomic mass is 16.3. The fourth-order valence-electron chi connectivity index (χ4n) is 1.32. The highest BCUT2D eigenvalue weighted by Crippen LogP contribution is 2.24. The number of hydrogen-bond acceptors (Lipinski definition) is 3. The van der Waals surface area contributed by atoms with Crippen LogP contribution in [-0.4, -0.2) is 36.6 Å². The molecule has 0 spiro atoms. The minimum atomic E-state index is -0.647. The average molecular weight is 186 g/mol. The first-order chi connectivity index (χ1) is 6.08.